The molecule has 0 spiro atoms. The van der Waals surface area contributed by atoms with Crippen molar-refractivity contribution in [2.45, 2.75) is 32.9 Å². The molecular weight excluding hydrogens is 232 g/mol. The smallest absolute Gasteiger partial charge is 0.236 e. The SMILES string of the molecule is CCc1ccc(CNC(=O)[C@H](C)N)s1.Cl. The molecule has 0 aliphatic heterocycles. The Morgan fingerprint density at radius 1 is 1.53 bits per heavy atom. The van der Waals surface area contributed by atoms with E-state index in [0.717, 1.165) is 6.42 Å². The molecule has 0 aliphatic carbocycles. The van der Waals surface area contributed by atoms with Gasteiger partial charge in [-0.15, -0.1) is 23.7 Å². The number of carbonyl (C=O) groups excluding carboxylic acids is 1. The zero-order valence-corrected chi connectivity index (χ0v) is 10.6. The first-order chi connectivity index (χ1) is 6.63. The molecule has 0 saturated carbocycles. The van der Waals surface area contributed by atoms with Crippen LogP contribution in [0.1, 0.15) is 23.6 Å². The average molecular weight is 249 g/mol. The molecule has 1 rings (SSSR count). The molecule has 1 heterocycles. The highest BCUT2D eigenvalue weighted by atomic mass is 35.5. The van der Waals surface area contributed by atoms with Gasteiger partial charge >= 0.3 is 0 Å². The van der Waals surface area contributed by atoms with E-state index >= 15 is 0 Å². The Morgan fingerprint density at radius 3 is 2.60 bits per heavy atom. The van der Waals surface area contributed by atoms with Crippen molar-refractivity contribution in [1.29, 1.82) is 0 Å². The zero-order valence-electron chi connectivity index (χ0n) is 8.95. The first-order valence-corrected chi connectivity index (χ1v) is 5.56. The summed E-state index contributed by atoms with van der Waals surface area (Å²) in [5, 5.41) is 2.78. The van der Waals surface area contributed by atoms with Crippen molar-refractivity contribution in [2.24, 2.45) is 5.73 Å². The van der Waals surface area contributed by atoms with Gasteiger partial charge in [0, 0.05) is 9.75 Å². The molecule has 3 N–H and O–H groups in total. The Bertz CT molecular complexity index is 312. The van der Waals surface area contributed by atoms with Crippen molar-refractivity contribution in [3.8, 4) is 0 Å². The van der Waals surface area contributed by atoms with Crippen LogP contribution in [-0.2, 0) is 17.8 Å². The highest BCUT2D eigenvalue weighted by Crippen LogP contribution is 2.16. The molecule has 0 radical (unpaired) electrons. The van der Waals surface area contributed by atoms with Crippen molar-refractivity contribution in [3.05, 3.63) is 21.9 Å². The first kappa shape index (κ1) is 14.4. The minimum atomic E-state index is -0.430. The third-order valence-corrected chi connectivity index (χ3v) is 3.15. The van der Waals surface area contributed by atoms with E-state index in [1.165, 1.54) is 9.75 Å². The van der Waals surface area contributed by atoms with Gasteiger partial charge in [0.25, 0.3) is 0 Å². The third kappa shape index (κ3) is 4.64. The van der Waals surface area contributed by atoms with Crippen LogP contribution in [-0.4, -0.2) is 11.9 Å². The fraction of sp³-hybridized carbons (Fsp3) is 0.500. The molecule has 1 aromatic heterocycles. The molecule has 15 heavy (non-hydrogen) atoms. The standard InChI is InChI=1S/C10H16N2OS.ClH/c1-3-8-4-5-9(14-8)6-12-10(13)7(2)11;/h4-5,7H,3,6,11H2,1-2H3,(H,12,13);1H/t7-;/m0./s1. The minimum absolute atomic E-state index is 0. The predicted octanol–water partition coefficient (Wildman–Crippen LogP) is 1.70. The van der Waals surface area contributed by atoms with Crippen molar-refractivity contribution in [1.82, 2.24) is 5.32 Å². The van der Waals surface area contributed by atoms with Crippen LogP contribution in [0.3, 0.4) is 0 Å². The number of nitrogens with one attached hydrogen (secondary N) is 1. The second kappa shape index (κ2) is 6.82. The Balaban J connectivity index is 0.00000196. The Morgan fingerprint density at radius 2 is 2.13 bits per heavy atom. The van der Waals surface area contributed by atoms with Crippen LogP contribution < -0.4 is 11.1 Å². The topological polar surface area (TPSA) is 55.1 Å². The lowest BCUT2D eigenvalue weighted by Crippen LogP contribution is -2.37. The molecule has 1 amide bonds. The molecule has 0 fully saturated rings. The number of amides is 1. The maximum atomic E-state index is 11.2. The molecule has 0 unspecified atom stereocenters. The molecule has 3 nitrogen and oxygen atoms in total. The van der Waals surface area contributed by atoms with E-state index in [2.05, 4.69) is 18.3 Å². The Hall–Kier alpha value is -0.580. The average Bonchev–Trinajstić information content (AvgIpc) is 2.61. The van der Waals surface area contributed by atoms with E-state index in [0.29, 0.717) is 6.54 Å². The van der Waals surface area contributed by atoms with Crippen LogP contribution >= 0.6 is 23.7 Å². The van der Waals surface area contributed by atoms with E-state index in [9.17, 15) is 4.79 Å². The number of halogens is 1. The second-order valence-corrected chi connectivity index (χ2v) is 4.48. The minimum Gasteiger partial charge on any atom is -0.350 e. The summed E-state index contributed by atoms with van der Waals surface area (Å²) in [6.07, 6.45) is 1.05. The van der Waals surface area contributed by atoms with E-state index in [1.807, 2.05) is 6.07 Å². The number of rotatable bonds is 4. The molecule has 0 bridgehead atoms. The molecular formula is C10H17ClN2OS. The molecule has 0 aromatic carbocycles. The largest absolute Gasteiger partial charge is 0.350 e. The highest BCUT2D eigenvalue weighted by Gasteiger charge is 2.06. The van der Waals surface area contributed by atoms with Gasteiger partial charge in [0.05, 0.1) is 12.6 Å². The second-order valence-electron chi connectivity index (χ2n) is 3.23. The molecule has 0 aliphatic rings. The van der Waals surface area contributed by atoms with Crippen LogP contribution in [0.4, 0.5) is 0 Å². The fourth-order valence-corrected chi connectivity index (χ4v) is 1.94. The number of carbonyl (C=O) groups is 1. The van der Waals surface area contributed by atoms with E-state index in [1.54, 1.807) is 18.3 Å². The molecule has 1 atom stereocenters. The summed E-state index contributed by atoms with van der Waals surface area (Å²) >= 11 is 1.73. The number of aryl methyl sites for hydroxylation is 1. The van der Waals surface area contributed by atoms with E-state index < -0.39 is 6.04 Å². The van der Waals surface area contributed by atoms with Crippen LogP contribution in [0.15, 0.2) is 12.1 Å². The monoisotopic (exact) mass is 248 g/mol. The maximum Gasteiger partial charge on any atom is 0.236 e. The Labute approximate surface area is 100 Å². The van der Waals surface area contributed by atoms with E-state index in [-0.39, 0.29) is 18.3 Å². The van der Waals surface area contributed by atoms with Gasteiger partial charge < -0.3 is 11.1 Å². The summed E-state index contributed by atoms with van der Waals surface area (Å²) in [6.45, 7) is 4.39. The van der Waals surface area contributed by atoms with E-state index in [4.69, 9.17) is 5.73 Å². The number of thiophene rings is 1. The molecule has 86 valence electrons. The van der Waals surface area contributed by atoms with Gasteiger partial charge in [-0.05, 0) is 25.5 Å². The summed E-state index contributed by atoms with van der Waals surface area (Å²) in [4.78, 5) is 13.7. The molecule has 5 heteroatoms. The first-order valence-electron chi connectivity index (χ1n) is 4.74. The summed E-state index contributed by atoms with van der Waals surface area (Å²) in [5.41, 5.74) is 5.42. The summed E-state index contributed by atoms with van der Waals surface area (Å²) < 4.78 is 0. The van der Waals surface area contributed by atoms with Gasteiger partial charge in [0.15, 0.2) is 0 Å². The van der Waals surface area contributed by atoms with Crippen molar-refractivity contribution < 1.29 is 4.79 Å². The zero-order chi connectivity index (χ0) is 10.6. The van der Waals surface area contributed by atoms with Crippen LogP contribution in [0.2, 0.25) is 0 Å². The lowest BCUT2D eigenvalue weighted by Gasteiger charge is -2.05. The maximum absolute atomic E-state index is 11.2. The lowest BCUT2D eigenvalue weighted by molar-refractivity contribution is -0.122. The Kier molecular flexibility index (Phi) is 6.56. The highest BCUT2D eigenvalue weighted by molar-refractivity contribution is 7.11. The van der Waals surface area contributed by atoms with Gasteiger partial charge in [-0.3, -0.25) is 4.79 Å². The van der Waals surface area contributed by atoms with Crippen molar-refractivity contribution in [3.63, 3.8) is 0 Å². The molecule has 0 saturated heterocycles. The lowest BCUT2D eigenvalue weighted by atomic mass is 10.3. The van der Waals surface area contributed by atoms with Crippen LogP contribution in [0.25, 0.3) is 0 Å². The summed E-state index contributed by atoms with van der Waals surface area (Å²) in [7, 11) is 0. The van der Waals surface area contributed by atoms with Crippen LogP contribution in [0.5, 0.6) is 0 Å². The summed E-state index contributed by atoms with van der Waals surface area (Å²) in [6, 6.07) is 3.71. The number of hydrogen-bond acceptors (Lipinski definition) is 3. The quantitative estimate of drug-likeness (QED) is 0.852. The predicted molar refractivity (Wildman–Crippen MR) is 66.4 cm³/mol. The summed E-state index contributed by atoms with van der Waals surface area (Å²) in [5.74, 6) is -0.101. The van der Waals surface area contributed by atoms with Crippen molar-refractivity contribution >= 4 is 29.7 Å². The molecule has 1 aromatic rings. The normalized spacial score (nSPS) is 11.7. The van der Waals surface area contributed by atoms with Gasteiger partial charge in [0.2, 0.25) is 5.91 Å². The van der Waals surface area contributed by atoms with Gasteiger partial charge in [0.1, 0.15) is 0 Å². The fourth-order valence-electron chi connectivity index (χ4n) is 1.04. The third-order valence-electron chi connectivity index (χ3n) is 1.92. The van der Waals surface area contributed by atoms with Gasteiger partial charge in [-0.25, -0.2) is 0 Å². The van der Waals surface area contributed by atoms with Gasteiger partial charge in [-0.1, -0.05) is 6.92 Å². The number of nitrogens with two attached hydrogens (primary N) is 1. The van der Waals surface area contributed by atoms with Crippen LogP contribution in [0, 0.1) is 0 Å². The number of hydrogen-bond donors (Lipinski definition) is 2. The van der Waals surface area contributed by atoms with Crippen molar-refractivity contribution in [2.75, 3.05) is 0 Å². The van der Waals surface area contributed by atoms with Gasteiger partial charge in [-0.2, -0.15) is 0 Å².